The second-order valence-corrected chi connectivity index (χ2v) is 17.4. The topological polar surface area (TPSA) is 60.9 Å². The van der Waals surface area contributed by atoms with E-state index in [2.05, 4.69) is 102 Å². The fraction of sp³-hybridized carbons (Fsp3) is 0.548. The van der Waals surface area contributed by atoms with E-state index in [4.69, 9.17) is 0 Å². The summed E-state index contributed by atoms with van der Waals surface area (Å²) in [7, 11) is 4.22. The third-order valence-electron chi connectivity index (χ3n) is 8.36. The average Bonchev–Trinajstić information content (AvgIpc) is 2.93. The predicted molar refractivity (Wildman–Crippen MR) is 179 cm³/mol. The number of carbonyl (C=O) groups excluding carboxylic acids is 2. The normalized spacial score (nSPS) is 18.4. The zero-order valence-corrected chi connectivity index (χ0v) is 29.3. The van der Waals surface area contributed by atoms with Gasteiger partial charge in [0.1, 0.15) is 17.3 Å². The standard InChI is InChI=1S/C16H23NO.C15H21NO2.BBr3/c1-4-15(18)16(8-10-17(3)11-9-16)14-7-5-6-13(2)12-14;1-3-14(18)15(7-9-16(2)10-8-15)12-5-4-6-13(17)11-12;2-1(3)4/h5-7,12H,4,8-11H2,1-3H3;4-6,11,17H,3,7-10H2,1-2H3;. The number of rotatable bonds is 6. The quantitative estimate of drug-likeness (QED) is 0.312. The molecule has 1 N–H and O–H groups in total. The zero-order valence-electron chi connectivity index (χ0n) is 24.6. The molecule has 2 aliphatic heterocycles. The van der Waals surface area contributed by atoms with Crippen LogP contribution in [0.25, 0.3) is 0 Å². The summed E-state index contributed by atoms with van der Waals surface area (Å²) in [6.07, 6.45) is 4.80. The van der Waals surface area contributed by atoms with Crippen molar-refractivity contribution < 1.29 is 14.7 Å². The Morgan fingerprint density at radius 2 is 1.15 bits per heavy atom. The zero-order chi connectivity index (χ0) is 29.9. The van der Waals surface area contributed by atoms with Crippen LogP contribution < -0.4 is 0 Å². The number of piperidine rings is 2. The fourth-order valence-electron chi connectivity index (χ4n) is 5.88. The van der Waals surface area contributed by atoms with Crippen LogP contribution in [0.15, 0.2) is 48.5 Å². The minimum Gasteiger partial charge on any atom is -0.508 e. The van der Waals surface area contributed by atoms with Crippen molar-refractivity contribution in [3.05, 3.63) is 65.2 Å². The first-order chi connectivity index (χ1) is 18.9. The number of Topliss-reactive ketones (excluding diaryl/α,β-unsaturated/α-hetero) is 2. The van der Waals surface area contributed by atoms with Crippen LogP contribution >= 0.6 is 47.3 Å². The molecule has 0 aromatic heterocycles. The van der Waals surface area contributed by atoms with E-state index in [0.29, 0.717) is 24.4 Å². The lowest BCUT2D eigenvalue weighted by Gasteiger charge is -2.40. The molecular formula is C31H44BBr3N2O3. The van der Waals surface area contributed by atoms with Crippen molar-refractivity contribution in [1.82, 2.24) is 9.80 Å². The number of hydrogen-bond acceptors (Lipinski definition) is 5. The molecule has 220 valence electrons. The Morgan fingerprint density at radius 3 is 1.50 bits per heavy atom. The highest BCUT2D eigenvalue weighted by Crippen LogP contribution is 2.39. The molecule has 0 unspecified atom stereocenters. The number of phenolic OH excluding ortho intramolecular Hbond substituents is 1. The molecule has 0 radical (unpaired) electrons. The largest absolute Gasteiger partial charge is 0.508 e. The number of aryl methyl sites for hydroxylation is 1. The van der Waals surface area contributed by atoms with Gasteiger partial charge in [-0.1, -0.05) is 55.8 Å². The third-order valence-corrected chi connectivity index (χ3v) is 8.36. The Bertz CT molecular complexity index is 1010. The van der Waals surface area contributed by atoms with E-state index in [0.717, 1.165) is 57.4 Å². The number of likely N-dealkylation sites (tertiary alicyclic amines) is 2. The molecule has 2 aromatic rings. The van der Waals surface area contributed by atoms with Crippen molar-refractivity contribution in [3.63, 3.8) is 0 Å². The highest BCUT2D eigenvalue weighted by Gasteiger charge is 2.42. The number of ketones is 2. The minimum atomic E-state index is -0.389. The van der Waals surface area contributed by atoms with Gasteiger partial charge >= 0.3 is 3.18 Å². The number of aromatic hydroxyl groups is 1. The molecule has 2 fully saturated rings. The summed E-state index contributed by atoms with van der Waals surface area (Å²) in [4.78, 5) is 29.5. The summed E-state index contributed by atoms with van der Waals surface area (Å²) >= 11 is 9.31. The molecule has 2 heterocycles. The summed E-state index contributed by atoms with van der Waals surface area (Å²) in [6.45, 7) is 9.90. The predicted octanol–water partition coefficient (Wildman–Crippen LogP) is 7.43. The van der Waals surface area contributed by atoms with Crippen LogP contribution in [0.4, 0.5) is 0 Å². The molecule has 9 heteroatoms. The molecule has 2 saturated heterocycles. The van der Waals surface area contributed by atoms with Gasteiger partial charge in [-0.3, -0.25) is 9.59 Å². The molecule has 0 amide bonds. The number of phenols is 1. The second-order valence-electron chi connectivity index (χ2n) is 11.0. The van der Waals surface area contributed by atoms with Gasteiger partial charge in [-0.2, -0.15) is 0 Å². The first-order valence-electron chi connectivity index (χ1n) is 14.1. The molecule has 0 aliphatic carbocycles. The molecule has 2 aromatic carbocycles. The Hall–Kier alpha value is -0.995. The first-order valence-corrected chi connectivity index (χ1v) is 16.9. The highest BCUT2D eigenvalue weighted by atomic mass is 79.9. The average molecular weight is 743 g/mol. The van der Waals surface area contributed by atoms with Gasteiger partial charge in [0, 0.05) is 12.8 Å². The lowest BCUT2D eigenvalue weighted by molar-refractivity contribution is -0.126. The van der Waals surface area contributed by atoms with Crippen molar-refractivity contribution in [1.29, 1.82) is 0 Å². The van der Waals surface area contributed by atoms with Gasteiger partial charge in [0.15, 0.2) is 0 Å². The molecule has 2 aliphatic rings. The molecule has 0 saturated carbocycles. The Balaban J connectivity index is 0.000000247. The fourth-order valence-corrected chi connectivity index (χ4v) is 5.88. The number of nitrogens with zero attached hydrogens (tertiary/aromatic N) is 2. The maximum absolute atomic E-state index is 12.5. The molecular weight excluding hydrogens is 699 g/mol. The summed E-state index contributed by atoms with van der Waals surface area (Å²) < 4.78 is 0.271. The molecule has 40 heavy (non-hydrogen) atoms. The van der Waals surface area contributed by atoms with Crippen molar-refractivity contribution in [2.75, 3.05) is 40.3 Å². The molecule has 0 bridgehead atoms. The maximum Gasteiger partial charge on any atom is 0.369 e. The molecule has 0 atom stereocenters. The Labute approximate surface area is 266 Å². The molecule has 4 rings (SSSR count). The van der Waals surface area contributed by atoms with Crippen LogP contribution in [-0.4, -0.2) is 69.9 Å². The van der Waals surface area contributed by atoms with E-state index in [1.807, 2.05) is 26.0 Å². The Morgan fingerprint density at radius 1 is 0.775 bits per heavy atom. The van der Waals surface area contributed by atoms with Gasteiger partial charge in [-0.05, 0) is 96.1 Å². The number of hydrogen-bond donors (Lipinski definition) is 1. The van der Waals surface area contributed by atoms with E-state index in [1.165, 1.54) is 11.1 Å². The summed E-state index contributed by atoms with van der Waals surface area (Å²) in [5.74, 6) is 0.942. The number of carbonyl (C=O) groups is 2. The van der Waals surface area contributed by atoms with E-state index < -0.39 is 0 Å². The van der Waals surface area contributed by atoms with Crippen molar-refractivity contribution in [3.8, 4) is 5.75 Å². The number of halogens is 3. The summed E-state index contributed by atoms with van der Waals surface area (Å²) in [6, 6.07) is 15.7. The van der Waals surface area contributed by atoms with E-state index in [-0.39, 0.29) is 19.8 Å². The highest BCUT2D eigenvalue weighted by molar-refractivity contribution is 9.69. The van der Waals surface area contributed by atoms with Gasteiger partial charge in [-0.25, -0.2) is 0 Å². The minimum absolute atomic E-state index is 0.229. The molecule has 5 nitrogen and oxygen atoms in total. The van der Waals surface area contributed by atoms with Crippen molar-refractivity contribution >= 4 is 62.0 Å². The van der Waals surface area contributed by atoms with Gasteiger partial charge in [0.2, 0.25) is 0 Å². The number of benzene rings is 2. The van der Waals surface area contributed by atoms with Gasteiger partial charge in [0.25, 0.3) is 0 Å². The smallest absolute Gasteiger partial charge is 0.369 e. The maximum atomic E-state index is 12.5. The monoisotopic (exact) mass is 740 g/mol. The van der Waals surface area contributed by atoms with Crippen LogP contribution in [0.1, 0.15) is 69.1 Å². The summed E-state index contributed by atoms with van der Waals surface area (Å²) in [5.41, 5.74) is 2.83. The second kappa shape index (κ2) is 16.6. The van der Waals surface area contributed by atoms with Crippen LogP contribution in [0.2, 0.25) is 0 Å². The first kappa shape index (κ1) is 35.2. The van der Waals surface area contributed by atoms with Gasteiger partial charge in [0.05, 0.1) is 10.8 Å². The SMILES string of the molecule is BrB(Br)Br.CCC(=O)C1(c2cccc(C)c2)CCN(C)CC1.CCC(=O)C1(c2cccc(O)c2)CCN(C)CC1. The van der Waals surface area contributed by atoms with E-state index >= 15 is 0 Å². The van der Waals surface area contributed by atoms with Crippen molar-refractivity contribution in [2.24, 2.45) is 0 Å². The van der Waals surface area contributed by atoms with Crippen molar-refractivity contribution in [2.45, 2.75) is 70.1 Å². The Kier molecular flexibility index (Phi) is 14.6. The summed E-state index contributed by atoms with van der Waals surface area (Å²) in [5, 5.41) is 9.64. The van der Waals surface area contributed by atoms with E-state index in [9.17, 15) is 14.7 Å². The lowest BCUT2D eigenvalue weighted by atomic mass is 9.69. The van der Waals surface area contributed by atoms with E-state index in [1.54, 1.807) is 12.1 Å². The third kappa shape index (κ3) is 9.51. The molecule has 0 spiro atoms. The van der Waals surface area contributed by atoms with Gasteiger partial charge < -0.3 is 14.9 Å². The van der Waals surface area contributed by atoms with Crippen LogP contribution in [-0.2, 0) is 20.4 Å². The van der Waals surface area contributed by atoms with Crippen LogP contribution in [0.5, 0.6) is 5.75 Å². The van der Waals surface area contributed by atoms with Crippen LogP contribution in [0, 0.1) is 6.92 Å². The van der Waals surface area contributed by atoms with Gasteiger partial charge in [-0.15, -0.1) is 47.3 Å². The van der Waals surface area contributed by atoms with Crippen LogP contribution in [0.3, 0.4) is 0 Å². The lowest BCUT2D eigenvalue weighted by Crippen LogP contribution is -2.46.